The highest BCUT2D eigenvalue weighted by Crippen LogP contribution is 2.29. The Kier molecular flexibility index (Phi) is 4.44. The molecule has 0 saturated carbocycles. The molecule has 0 fully saturated rings. The van der Waals surface area contributed by atoms with Gasteiger partial charge in [-0.1, -0.05) is 40.2 Å². The molecule has 2 aromatic heterocycles. The summed E-state index contributed by atoms with van der Waals surface area (Å²) in [6.07, 6.45) is 1.43. The Bertz CT molecular complexity index is 1500. The first-order chi connectivity index (χ1) is 14.6. The van der Waals surface area contributed by atoms with Crippen LogP contribution in [0.3, 0.4) is 0 Å². The third-order valence-electron chi connectivity index (χ3n) is 4.70. The van der Waals surface area contributed by atoms with Crippen molar-refractivity contribution in [2.75, 3.05) is 0 Å². The van der Waals surface area contributed by atoms with Crippen molar-refractivity contribution in [1.82, 2.24) is 9.66 Å². The Morgan fingerprint density at radius 3 is 2.70 bits per heavy atom. The van der Waals surface area contributed by atoms with E-state index in [1.807, 2.05) is 30.3 Å². The Morgan fingerprint density at radius 1 is 1.03 bits per heavy atom. The molecule has 6 nitrogen and oxygen atoms in total. The summed E-state index contributed by atoms with van der Waals surface area (Å²) in [5.41, 5.74) is 1.38. The molecule has 0 aliphatic heterocycles. The van der Waals surface area contributed by atoms with Crippen molar-refractivity contribution in [3.05, 3.63) is 93.2 Å². The summed E-state index contributed by atoms with van der Waals surface area (Å²) in [5, 5.41) is 15.7. The van der Waals surface area contributed by atoms with Crippen LogP contribution in [0.25, 0.3) is 33.5 Å². The highest BCUT2D eigenvalue weighted by molar-refractivity contribution is 9.10. The second kappa shape index (κ2) is 7.27. The Hall–Kier alpha value is -3.71. The summed E-state index contributed by atoms with van der Waals surface area (Å²) in [6.45, 7) is 0. The smallest absolute Gasteiger partial charge is 0.282 e. The lowest BCUT2D eigenvalue weighted by Gasteiger charge is -2.07. The first kappa shape index (κ1) is 18.3. The minimum absolute atomic E-state index is 0.0678. The monoisotopic (exact) mass is 459 g/mol. The van der Waals surface area contributed by atoms with Crippen LogP contribution in [-0.4, -0.2) is 21.0 Å². The molecule has 0 atom stereocenters. The van der Waals surface area contributed by atoms with Crippen molar-refractivity contribution in [2.45, 2.75) is 0 Å². The molecule has 5 aromatic rings. The molecule has 0 radical (unpaired) electrons. The van der Waals surface area contributed by atoms with Crippen LogP contribution in [-0.2, 0) is 0 Å². The third-order valence-corrected chi connectivity index (χ3v) is 5.19. The van der Waals surface area contributed by atoms with Crippen LogP contribution in [0.4, 0.5) is 0 Å². The average molecular weight is 460 g/mol. The van der Waals surface area contributed by atoms with Crippen LogP contribution in [0.1, 0.15) is 5.56 Å². The van der Waals surface area contributed by atoms with E-state index in [2.05, 4.69) is 26.0 Å². The van der Waals surface area contributed by atoms with Crippen molar-refractivity contribution >= 4 is 44.0 Å². The van der Waals surface area contributed by atoms with Gasteiger partial charge in [-0.25, -0.2) is 4.98 Å². The summed E-state index contributed by atoms with van der Waals surface area (Å²) in [5.74, 6) is 0.760. The van der Waals surface area contributed by atoms with Crippen LogP contribution in [0.5, 0.6) is 5.75 Å². The number of aromatic hydroxyl groups is 1. The normalized spacial score (nSPS) is 11.6. The fourth-order valence-electron chi connectivity index (χ4n) is 3.23. The number of para-hydroxylation sites is 2. The highest BCUT2D eigenvalue weighted by atomic mass is 79.9. The Morgan fingerprint density at radius 2 is 1.83 bits per heavy atom. The summed E-state index contributed by atoms with van der Waals surface area (Å²) in [6, 6.07) is 21.3. The van der Waals surface area contributed by atoms with E-state index in [4.69, 9.17) is 4.42 Å². The molecule has 0 aliphatic carbocycles. The first-order valence-electron chi connectivity index (χ1n) is 9.14. The molecule has 0 bridgehead atoms. The largest absolute Gasteiger partial charge is 0.507 e. The van der Waals surface area contributed by atoms with E-state index >= 15 is 0 Å². The number of furan rings is 1. The fraction of sp³-hybridized carbons (Fsp3) is 0. The SMILES string of the molecule is O=c1c2ccccc2nc(-c2cc3cc(Br)ccc3o2)n1N=Cc1ccccc1O. The quantitative estimate of drug-likeness (QED) is 0.377. The number of phenols is 1. The lowest BCUT2D eigenvalue weighted by Crippen LogP contribution is -2.20. The zero-order chi connectivity index (χ0) is 20.7. The van der Waals surface area contributed by atoms with E-state index in [0.717, 1.165) is 9.86 Å². The van der Waals surface area contributed by atoms with Gasteiger partial charge in [-0.2, -0.15) is 9.78 Å². The maximum atomic E-state index is 13.2. The summed E-state index contributed by atoms with van der Waals surface area (Å²) in [7, 11) is 0. The minimum atomic E-state index is -0.330. The second-order valence-electron chi connectivity index (χ2n) is 6.67. The van der Waals surface area contributed by atoms with E-state index in [1.54, 1.807) is 42.5 Å². The fourth-order valence-corrected chi connectivity index (χ4v) is 3.61. The molecule has 0 unspecified atom stereocenters. The lowest BCUT2D eigenvalue weighted by molar-refractivity contribution is 0.474. The number of rotatable bonds is 3. The number of hydrogen-bond donors (Lipinski definition) is 1. The third kappa shape index (κ3) is 3.19. The van der Waals surface area contributed by atoms with Gasteiger partial charge in [0.15, 0.2) is 5.76 Å². The number of benzene rings is 3. The van der Waals surface area contributed by atoms with Gasteiger partial charge in [0.25, 0.3) is 5.56 Å². The topological polar surface area (TPSA) is 80.6 Å². The standard InChI is InChI=1S/C23H14BrN3O3/c24-16-9-10-20-15(11-16)12-21(30-20)22-26-18-7-3-2-6-17(18)23(29)27(22)25-13-14-5-1-4-8-19(14)28/h1-13,28H. The predicted octanol–water partition coefficient (Wildman–Crippen LogP) is 5.16. The molecule has 0 saturated heterocycles. The van der Waals surface area contributed by atoms with Gasteiger partial charge in [0.05, 0.1) is 17.1 Å². The number of halogens is 1. The van der Waals surface area contributed by atoms with Crippen molar-refractivity contribution < 1.29 is 9.52 Å². The van der Waals surface area contributed by atoms with Gasteiger partial charge in [0.1, 0.15) is 11.3 Å². The van der Waals surface area contributed by atoms with Crippen LogP contribution in [0.15, 0.2) is 91.6 Å². The van der Waals surface area contributed by atoms with Crippen LogP contribution in [0.2, 0.25) is 0 Å². The summed E-state index contributed by atoms with van der Waals surface area (Å²) < 4.78 is 8.08. The second-order valence-corrected chi connectivity index (χ2v) is 7.58. The average Bonchev–Trinajstić information content (AvgIpc) is 3.17. The molecule has 0 spiro atoms. The summed E-state index contributed by atoms with van der Waals surface area (Å²) in [4.78, 5) is 17.8. The number of nitrogens with zero attached hydrogens (tertiary/aromatic N) is 3. The van der Waals surface area contributed by atoms with E-state index in [-0.39, 0.29) is 17.1 Å². The molecule has 146 valence electrons. The molecule has 1 N–H and O–H groups in total. The van der Waals surface area contributed by atoms with Crippen molar-refractivity contribution in [2.24, 2.45) is 5.10 Å². The van der Waals surface area contributed by atoms with E-state index in [0.29, 0.717) is 27.8 Å². The van der Waals surface area contributed by atoms with E-state index < -0.39 is 0 Å². The van der Waals surface area contributed by atoms with Gasteiger partial charge in [-0.15, -0.1) is 0 Å². The molecule has 0 aliphatic rings. The molecular weight excluding hydrogens is 446 g/mol. The van der Waals surface area contributed by atoms with Gasteiger partial charge in [0, 0.05) is 15.4 Å². The maximum Gasteiger partial charge on any atom is 0.282 e. The van der Waals surface area contributed by atoms with Crippen molar-refractivity contribution in [1.29, 1.82) is 0 Å². The number of aromatic nitrogens is 2. The van der Waals surface area contributed by atoms with Crippen LogP contribution < -0.4 is 5.56 Å². The molecular formula is C23H14BrN3O3. The highest BCUT2D eigenvalue weighted by Gasteiger charge is 2.16. The molecule has 7 heteroatoms. The molecule has 2 heterocycles. The van der Waals surface area contributed by atoms with E-state index in [9.17, 15) is 9.90 Å². The van der Waals surface area contributed by atoms with Crippen molar-refractivity contribution in [3.63, 3.8) is 0 Å². The van der Waals surface area contributed by atoms with Gasteiger partial charge in [0.2, 0.25) is 5.82 Å². The zero-order valence-electron chi connectivity index (χ0n) is 15.5. The van der Waals surface area contributed by atoms with Gasteiger partial charge in [-0.05, 0) is 48.5 Å². The lowest BCUT2D eigenvalue weighted by atomic mass is 10.2. The molecule has 0 amide bonds. The van der Waals surface area contributed by atoms with Crippen molar-refractivity contribution in [3.8, 4) is 17.3 Å². The summed E-state index contributed by atoms with van der Waals surface area (Å²) >= 11 is 3.45. The molecule has 30 heavy (non-hydrogen) atoms. The van der Waals surface area contributed by atoms with Crippen LogP contribution >= 0.6 is 15.9 Å². The maximum absolute atomic E-state index is 13.2. The molecule has 5 rings (SSSR count). The van der Waals surface area contributed by atoms with Crippen LogP contribution in [0, 0.1) is 0 Å². The number of hydrogen-bond acceptors (Lipinski definition) is 5. The number of fused-ring (bicyclic) bond motifs is 2. The minimum Gasteiger partial charge on any atom is -0.507 e. The number of phenolic OH excluding ortho intramolecular Hbond substituents is 1. The van der Waals surface area contributed by atoms with Gasteiger partial charge in [-0.3, -0.25) is 4.79 Å². The van der Waals surface area contributed by atoms with Gasteiger partial charge < -0.3 is 9.52 Å². The first-order valence-corrected chi connectivity index (χ1v) is 9.93. The Labute approximate surface area is 178 Å². The van der Waals surface area contributed by atoms with Gasteiger partial charge >= 0.3 is 0 Å². The predicted molar refractivity (Wildman–Crippen MR) is 120 cm³/mol. The molecule has 3 aromatic carbocycles. The van der Waals surface area contributed by atoms with E-state index in [1.165, 1.54) is 10.9 Å². The zero-order valence-corrected chi connectivity index (χ0v) is 17.1. The Balaban J connectivity index is 1.76.